The van der Waals surface area contributed by atoms with Crippen molar-refractivity contribution in [3.63, 3.8) is 0 Å². The number of urea groups is 1. The maximum atomic E-state index is 12.5. The summed E-state index contributed by atoms with van der Waals surface area (Å²) in [5.74, 6) is 0.893. The second-order valence-corrected chi connectivity index (χ2v) is 9.89. The molecule has 35 heavy (non-hydrogen) atoms. The lowest BCUT2D eigenvalue weighted by atomic mass is 10.1. The van der Waals surface area contributed by atoms with Crippen molar-refractivity contribution in [2.24, 2.45) is 0 Å². The highest BCUT2D eigenvalue weighted by molar-refractivity contribution is 9.08. The van der Waals surface area contributed by atoms with Crippen molar-refractivity contribution < 1.29 is 9.53 Å². The van der Waals surface area contributed by atoms with Crippen LogP contribution in [0.3, 0.4) is 0 Å². The first kappa shape index (κ1) is 29.2. The summed E-state index contributed by atoms with van der Waals surface area (Å²) in [7, 11) is 1.66. The summed E-state index contributed by atoms with van der Waals surface area (Å²) in [6.07, 6.45) is 16.2. The third-order valence-electron chi connectivity index (χ3n) is 6.37. The highest BCUT2D eigenvalue weighted by Crippen LogP contribution is 2.22. The fraction of sp³-hybridized carbons (Fsp3) is 0.567. The van der Waals surface area contributed by atoms with Crippen LogP contribution in [-0.2, 0) is 11.9 Å². The van der Waals surface area contributed by atoms with Gasteiger partial charge < -0.3 is 10.1 Å². The number of carbonyl (C=O) groups is 1. The van der Waals surface area contributed by atoms with Gasteiger partial charge in [-0.15, -0.1) is 0 Å². The number of alkyl halides is 1. The van der Waals surface area contributed by atoms with Crippen LogP contribution >= 0.6 is 15.9 Å². The van der Waals surface area contributed by atoms with Crippen molar-refractivity contribution in [3.8, 4) is 5.75 Å². The van der Waals surface area contributed by atoms with Gasteiger partial charge in [-0.25, -0.2) is 4.79 Å². The molecule has 0 aliphatic rings. The molecule has 0 aliphatic carbocycles. The van der Waals surface area contributed by atoms with Crippen LogP contribution in [0.5, 0.6) is 5.75 Å². The molecule has 2 rings (SSSR count). The molecule has 0 saturated heterocycles. The lowest BCUT2D eigenvalue weighted by Gasteiger charge is -2.23. The number of hydrogen-bond acceptors (Lipinski definition) is 2. The summed E-state index contributed by atoms with van der Waals surface area (Å²) >= 11 is 3.49. The molecule has 4 nitrogen and oxygen atoms in total. The van der Waals surface area contributed by atoms with E-state index in [1.54, 1.807) is 11.9 Å². The Morgan fingerprint density at radius 2 is 1.43 bits per heavy atom. The van der Waals surface area contributed by atoms with E-state index in [1.165, 1.54) is 70.6 Å². The van der Waals surface area contributed by atoms with Crippen LogP contribution in [0.4, 0.5) is 10.5 Å². The fourth-order valence-corrected chi connectivity index (χ4v) is 4.58. The van der Waals surface area contributed by atoms with Crippen molar-refractivity contribution in [2.45, 2.75) is 95.8 Å². The molecule has 0 atom stereocenters. The number of ether oxygens (including phenoxy) is 1. The molecule has 2 aromatic rings. The standard InChI is InChI=1S/C30H45BrN2O2/c1-3-4-5-6-7-8-9-10-11-12-13-14-22-35-29-20-18-26(19-21-29)25-33(30(34)32-2)28-17-15-16-27(23-28)24-31/h15-21,23H,3-14,22,24-25H2,1-2H3,(H,32,34). The maximum Gasteiger partial charge on any atom is 0.321 e. The molecule has 2 amide bonds. The largest absolute Gasteiger partial charge is 0.494 e. The van der Waals surface area contributed by atoms with Crippen molar-refractivity contribution in [1.29, 1.82) is 0 Å². The smallest absolute Gasteiger partial charge is 0.321 e. The van der Waals surface area contributed by atoms with Crippen molar-refractivity contribution in [3.05, 3.63) is 59.7 Å². The molecule has 5 heteroatoms. The van der Waals surface area contributed by atoms with Gasteiger partial charge in [0.15, 0.2) is 0 Å². The first-order chi connectivity index (χ1) is 17.2. The number of unbranched alkanes of at least 4 members (excludes halogenated alkanes) is 11. The van der Waals surface area contributed by atoms with Gasteiger partial charge in [-0.05, 0) is 41.8 Å². The Hall–Kier alpha value is -2.01. The summed E-state index contributed by atoms with van der Waals surface area (Å²) < 4.78 is 5.94. The Morgan fingerprint density at radius 1 is 0.829 bits per heavy atom. The van der Waals surface area contributed by atoms with E-state index in [-0.39, 0.29) is 6.03 Å². The van der Waals surface area contributed by atoms with E-state index in [2.05, 4.69) is 28.2 Å². The third-order valence-corrected chi connectivity index (χ3v) is 7.01. The van der Waals surface area contributed by atoms with Gasteiger partial charge >= 0.3 is 6.03 Å². The average molecular weight is 546 g/mol. The summed E-state index contributed by atoms with van der Waals surface area (Å²) in [6.45, 7) is 3.54. The van der Waals surface area contributed by atoms with E-state index in [0.29, 0.717) is 6.54 Å². The van der Waals surface area contributed by atoms with E-state index >= 15 is 0 Å². The molecule has 0 bridgehead atoms. The van der Waals surface area contributed by atoms with E-state index < -0.39 is 0 Å². The number of nitrogens with one attached hydrogen (secondary N) is 1. The number of anilines is 1. The Morgan fingerprint density at radius 3 is 2.00 bits per heavy atom. The van der Waals surface area contributed by atoms with Gasteiger partial charge in [-0.3, -0.25) is 4.90 Å². The number of hydrogen-bond donors (Lipinski definition) is 1. The van der Waals surface area contributed by atoms with Crippen LogP contribution in [0.2, 0.25) is 0 Å². The summed E-state index contributed by atoms with van der Waals surface area (Å²) in [5.41, 5.74) is 3.09. The highest BCUT2D eigenvalue weighted by atomic mass is 79.9. The van der Waals surface area contributed by atoms with E-state index in [9.17, 15) is 4.79 Å². The number of nitrogens with zero attached hydrogens (tertiary/aromatic N) is 1. The number of benzene rings is 2. The van der Waals surface area contributed by atoms with Gasteiger partial charge in [0.1, 0.15) is 5.75 Å². The van der Waals surface area contributed by atoms with Gasteiger partial charge in [0.25, 0.3) is 0 Å². The van der Waals surface area contributed by atoms with Crippen molar-refractivity contribution in [2.75, 3.05) is 18.6 Å². The molecule has 0 spiro atoms. The van der Waals surface area contributed by atoms with Gasteiger partial charge in [0.2, 0.25) is 0 Å². The zero-order chi connectivity index (χ0) is 25.1. The molecule has 0 radical (unpaired) electrons. The SMILES string of the molecule is CCCCCCCCCCCCCCOc1ccc(CN(C(=O)NC)c2cccc(CBr)c2)cc1. The highest BCUT2D eigenvalue weighted by Gasteiger charge is 2.15. The molecule has 0 aromatic heterocycles. The van der Waals surface area contributed by atoms with Crippen molar-refractivity contribution >= 4 is 27.6 Å². The minimum Gasteiger partial charge on any atom is -0.494 e. The van der Waals surface area contributed by atoms with E-state index in [0.717, 1.165) is 40.9 Å². The van der Waals surface area contributed by atoms with Gasteiger partial charge in [-0.1, -0.05) is 118 Å². The Balaban J connectivity index is 1.65. The Kier molecular flexibility index (Phi) is 15.3. The first-order valence-corrected chi connectivity index (χ1v) is 14.7. The first-order valence-electron chi connectivity index (χ1n) is 13.5. The normalized spacial score (nSPS) is 10.8. The van der Waals surface area contributed by atoms with E-state index in [4.69, 9.17) is 4.74 Å². The number of rotatable bonds is 18. The Labute approximate surface area is 222 Å². The van der Waals surface area contributed by atoms with Gasteiger partial charge in [0, 0.05) is 18.1 Å². The predicted molar refractivity (Wildman–Crippen MR) is 153 cm³/mol. The molecule has 0 saturated carbocycles. The van der Waals surface area contributed by atoms with Crippen LogP contribution < -0.4 is 15.0 Å². The molecule has 0 fully saturated rings. The zero-order valence-electron chi connectivity index (χ0n) is 21.9. The minimum absolute atomic E-state index is 0.121. The van der Waals surface area contributed by atoms with Crippen LogP contribution in [0.15, 0.2) is 48.5 Å². The second kappa shape index (κ2) is 18.3. The fourth-order valence-electron chi connectivity index (χ4n) is 4.23. The molecule has 0 aliphatic heterocycles. The van der Waals surface area contributed by atoms with Crippen LogP contribution in [0, 0.1) is 0 Å². The van der Waals surface area contributed by atoms with Crippen molar-refractivity contribution in [1.82, 2.24) is 5.32 Å². The third kappa shape index (κ3) is 12.0. The number of carbonyl (C=O) groups excluding carboxylic acids is 1. The zero-order valence-corrected chi connectivity index (χ0v) is 23.5. The molecular weight excluding hydrogens is 500 g/mol. The quantitative estimate of drug-likeness (QED) is 0.150. The molecule has 1 N–H and O–H groups in total. The molecule has 2 aromatic carbocycles. The summed E-state index contributed by atoms with van der Waals surface area (Å²) in [5, 5.41) is 3.51. The predicted octanol–water partition coefficient (Wildman–Crippen LogP) is 9.01. The lowest BCUT2D eigenvalue weighted by molar-refractivity contribution is 0.248. The maximum absolute atomic E-state index is 12.5. The summed E-state index contributed by atoms with van der Waals surface area (Å²) in [4.78, 5) is 14.3. The van der Waals surface area contributed by atoms with Gasteiger partial charge in [-0.2, -0.15) is 0 Å². The molecule has 0 heterocycles. The molecular formula is C30H45BrN2O2. The lowest BCUT2D eigenvalue weighted by Crippen LogP contribution is -2.37. The summed E-state index contributed by atoms with van der Waals surface area (Å²) in [6, 6.07) is 16.0. The Bertz CT molecular complexity index is 825. The number of amides is 2. The average Bonchev–Trinajstić information content (AvgIpc) is 2.90. The second-order valence-electron chi connectivity index (χ2n) is 9.33. The van der Waals surface area contributed by atoms with Crippen LogP contribution in [0.25, 0.3) is 0 Å². The van der Waals surface area contributed by atoms with Crippen LogP contribution in [-0.4, -0.2) is 19.7 Å². The number of halogens is 1. The topological polar surface area (TPSA) is 41.6 Å². The van der Waals surface area contributed by atoms with Gasteiger partial charge in [0.05, 0.1) is 13.2 Å². The van der Waals surface area contributed by atoms with E-state index in [1.807, 2.05) is 48.5 Å². The molecule has 194 valence electrons. The monoisotopic (exact) mass is 544 g/mol. The molecule has 0 unspecified atom stereocenters. The van der Waals surface area contributed by atoms with Crippen LogP contribution in [0.1, 0.15) is 95.1 Å². The minimum atomic E-state index is -0.121.